The molecule has 29 heavy (non-hydrogen) atoms. The van der Waals surface area contributed by atoms with Gasteiger partial charge in [-0.1, -0.05) is 0 Å². The molecule has 1 aromatic heterocycles. The lowest BCUT2D eigenvalue weighted by atomic mass is 10.2. The van der Waals surface area contributed by atoms with Crippen molar-refractivity contribution in [2.24, 2.45) is 5.92 Å². The highest BCUT2D eigenvalue weighted by atomic mass is 19.1. The molecular weight excluding hydrogens is 380 g/mol. The predicted molar refractivity (Wildman–Crippen MR) is 104 cm³/mol. The van der Waals surface area contributed by atoms with Crippen molar-refractivity contribution in [3.63, 3.8) is 0 Å². The standard InChI is InChI=1S/C22H21F2NO4/c23-18-10-16(11-19(24)22(18)28-9-1-2-21(26)27)25-8-7-15-5-6-17(12-20(15)25)29-13-14-3-4-14/h5-8,10-12,14H,1-4,9,13H2,(H,26,27). The SMILES string of the molecule is O=C(O)CCCOc1c(F)cc(-n2ccc3ccc(OCC4CC4)cc32)cc1F. The number of aromatic nitrogens is 1. The van der Waals surface area contributed by atoms with Crippen LogP contribution in [0.5, 0.6) is 11.5 Å². The third kappa shape index (κ3) is 4.50. The van der Waals surface area contributed by atoms with E-state index in [-0.39, 0.29) is 19.4 Å². The Morgan fingerprint density at radius 2 is 1.86 bits per heavy atom. The highest BCUT2D eigenvalue weighted by Gasteiger charge is 2.22. The second-order valence-corrected chi connectivity index (χ2v) is 7.25. The van der Waals surface area contributed by atoms with Crippen LogP contribution in [0.25, 0.3) is 16.6 Å². The molecule has 5 nitrogen and oxygen atoms in total. The van der Waals surface area contributed by atoms with Gasteiger partial charge in [0.05, 0.1) is 24.4 Å². The average Bonchev–Trinajstić information content (AvgIpc) is 3.42. The first-order valence-electron chi connectivity index (χ1n) is 9.59. The normalized spacial score (nSPS) is 13.6. The van der Waals surface area contributed by atoms with Gasteiger partial charge in [-0.15, -0.1) is 0 Å². The molecule has 0 bridgehead atoms. The van der Waals surface area contributed by atoms with E-state index in [1.54, 1.807) is 10.8 Å². The van der Waals surface area contributed by atoms with E-state index < -0.39 is 23.4 Å². The lowest BCUT2D eigenvalue weighted by Crippen LogP contribution is -2.05. The summed E-state index contributed by atoms with van der Waals surface area (Å²) in [5, 5.41) is 9.55. The number of rotatable bonds is 9. The largest absolute Gasteiger partial charge is 0.493 e. The molecule has 1 aliphatic rings. The van der Waals surface area contributed by atoms with Crippen LogP contribution < -0.4 is 9.47 Å². The Kier molecular flexibility index (Phi) is 5.38. The minimum Gasteiger partial charge on any atom is -0.493 e. The second kappa shape index (κ2) is 8.11. The average molecular weight is 401 g/mol. The molecule has 1 aliphatic carbocycles. The fraction of sp³-hybridized carbons (Fsp3) is 0.318. The first-order valence-corrected chi connectivity index (χ1v) is 9.59. The highest BCUT2D eigenvalue weighted by Crippen LogP contribution is 2.32. The van der Waals surface area contributed by atoms with Gasteiger partial charge in [0, 0.05) is 36.2 Å². The van der Waals surface area contributed by atoms with Crippen LogP contribution in [0.1, 0.15) is 25.7 Å². The summed E-state index contributed by atoms with van der Waals surface area (Å²) in [6, 6.07) is 9.94. The van der Waals surface area contributed by atoms with Crippen molar-refractivity contribution in [1.29, 1.82) is 0 Å². The van der Waals surface area contributed by atoms with Crippen molar-refractivity contribution < 1.29 is 28.2 Å². The summed E-state index contributed by atoms with van der Waals surface area (Å²) in [6.45, 7) is 0.608. The Bertz CT molecular complexity index is 1020. The molecule has 0 unspecified atom stereocenters. The number of ether oxygens (including phenoxy) is 2. The molecule has 0 aliphatic heterocycles. The van der Waals surface area contributed by atoms with Gasteiger partial charge >= 0.3 is 5.97 Å². The van der Waals surface area contributed by atoms with Gasteiger partial charge in [-0.3, -0.25) is 4.79 Å². The van der Waals surface area contributed by atoms with E-state index in [1.165, 1.54) is 25.0 Å². The minimum atomic E-state index is -0.982. The molecule has 152 valence electrons. The van der Waals surface area contributed by atoms with Crippen molar-refractivity contribution in [2.75, 3.05) is 13.2 Å². The fourth-order valence-electron chi connectivity index (χ4n) is 3.14. The number of aliphatic carboxylic acids is 1. The Balaban J connectivity index is 1.56. The fourth-order valence-corrected chi connectivity index (χ4v) is 3.14. The first-order chi connectivity index (χ1) is 14.0. The Hall–Kier alpha value is -3.09. The number of halogens is 2. The maximum atomic E-state index is 14.5. The zero-order valence-electron chi connectivity index (χ0n) is 15.7. The summed E-state index contributed by atoms with van der Waals surface area (Å²) in [5.74, 6) is -1.79. The van der Waals surface area contributed by atoms with Gasteiger partial charge in [-0.25, -0.2) is 8.78 Å². The van der Waals surface area contributed by atoms with Crippen LogP contribution in [-0.4, -0.2) is 28.9 Å². The highest BCUT2D eigenvalue weighted by molar-refractivity contribution is 5.83. The van der Waals surface area contributed by atoms with Crippen LogP contribution >= 0.6 is 0 Å². The molecule has 0 atom stereocenters. The van der Waals surface area contributed by atoms with Crippen molar-refractivity contribution in [3.8, 4) is 17.2 Å². The summed E-state index contributed by atoms with van der Waals surface area (Å²) in [6.07, 6.45) is 4.18. The summed E-state index contributed by atoms with van der Waals surface area (Å²) < 4.78 is 41.6. The number of nitrogens with zero attached hydrogens (tertiary/aromatic N) is 1. The van der Waals surface area contributed by atoms with Gasteiger partial charge in [0.1, 0.15) is 5.75 Å². The van der Waals surface area contributed by atoms with Crippen molar-refractivity contribution in [1.82, 2.24) is 4.57 Å². The van der Waals surface area contributed by atoms with E-state index in [4.69, 9.17) is 14.6 Å². The van der Waals surface area contributed by atoms with E-state index in [1.807, 2.05) is 24.3 Å². The molecule has 1 N–H and O–H groups in total. The number of carboxylic acids is 1. The monoisotopic (exact) mass is 401 g/mol. The molecule has 0 radical (unpaired) electrons. The van der Waals surface area contributed by atoms with Crippen LogP contribution in [0, 0.1) is 17.6 Å². The van der Waals surface area contributed by atoms with E-state index in [2.05, 4.69) is 0 Å². The van der Waals surface area contributed by atoms with Gasteiger partial charge in [-0.2, -0.15) is 0 Å². The van der Waals surface area contributed by atoms with E-state index in [0.29, 0.717) is 18.2 Å². The van der Waals surface area contributed by atoms with Crippen LogP contribution in [-0.2, 0) is 4.79 Å². The number of carbonyl (C=O) groups is 1. The Labute approximate surface area is 166 Å². The van der Waals surface area contributed by atoms with Crippen molar-refractivity contribution in [2.45, 2.75) is 25.7 Å². The van der Waals surface area contributed by atoms with Crippen LogP contribution in [0.2, 0.25) is 0 Å². The molecular formula is C22H21F2NO4. The molecule has 0 amide bonds. The van der Waals surface area contributed by atoms with E-state index >= 15 is 0 Å². The van der Waals surface area contributed by atoms with Gasteiger partial charge in [0.2, 0.25) is 0 Å². The van der Waals surface area contributed by atoms with Crippen LogP contribution in [0.15, 0.2) is 42.6 Å². The zero-order valence-corrected chi connectivity index (χ0v) is 15.7. The maximum absolute atomic E-state index is 14.5. The van der Waals surface area contributed by atoms with Crippen molar-refractivity contribution in [3.05, 3.63) is 54.2 Å². The molecule has 0 saturated heterocycles. The number of hydrogen-bond donors (Lipinski definition) is 1. The number of benzene rings is 2. The third-order valence-electron chi connectivity index (χ3n) is 4.89. The maximum Gasteiger partial charge on any atom is 0.303 e. The molecule has 1 fully saturated rings. The topological polar surface area (TPSA) is 60.7 Å². The molecule has 1 saturated carbocycles. The summed E-state index contributed by atoms with van der Waals surface area (Å²) in [4.78, 5) is 10.5. The lowest BCUT2D eigenvalue weighted by molar-refractivity contribution is -0.137. The van der Waals surface area contributed by atoms with Gasteiger partial charge in [0.15, 0.2) is 17.4 Å². The third-order valence-corrected chi connectivity index (χ3v) is 4.89. The second-order valence-electron chi connectivity index (χ2n) is 7.25. The lowest BCUT2D eigenvalue weighted by Gasteiger charge is -2.12. The summed E-state index contributed by atoms with van der Waals surface area (Å²) >= 11 is 0. The quantitative estimate of drug-likeness (QED) is 0.516. The smallest absolute Gasteiger partial charge is 0.303 e. The number of carboxylic acid groups (broad SMARTS) is 1. The first kappa shape index (κ1) is 19.2. The molecule has 0 spiro atoms. The summed E-state index contributed by atoms with van der Waals surface area (Å²) in [7, 11) is 0. The molecule has 1 heterocycles. The molecule has 2 aromatic carbocycles. The van der Waals surface area contributed by atoms with E-state index in [9.17, 15) is 13.6 Å². The van der Waals surface area contributed by atoms with E-state index in [0.717, 1.165) is 16.7 Å². The summed E-state index contributed by atoms with van der Waals surface area (Å²) in [5.41, 5.74) is 1.11. The van der Waals surface area contributed by atoms with Gasteiger partial charge in [-0.05, 0) is 43.4 Å². The Morgan fingerprint density at radius 3 is 2.55 bits per heavy atom. The molecule has 4 rings (SSSR count). The Morgan fingerprint density at radius 1 is 1.10 bits per heavy atom. The van der Waals surface area contributed by atoms with Crippen molar-refractivity contribution >= 4 is 16.9 Å². The molecule has 7 heteroatoms. The van der Waals surface area contributed by atoms with Gasteiger partial charge in [0.25, 0.3) is 0 Å². The number of fused-ring (bicyclic) bond motifs is 1. The predicted octanol–water partition coefficient (Wildman–Crippen LogP) is 4.94. The number of hydrogen-bond acceptors (Lipinski definition) is 3. The van der Waals surface area contributed by atoms with Gasteiger partial charge < -0.3 is 19.1 Å². The minimum absolute atomic E-state index is 0.0758. The van der Waals surface area contributed by atoms with Crippen LogP contribution in [0.3, 0.4) is 0 Å². The van der Waals surface area contributed by atoms with Crippen LogP contribution in [0.4, 0.5) is 8.78 Å². The zero-order chi connectivity index (χ0) is 20.4. The molecule has 3 aromatic rings.